The summed E-state index contributed by atoms with van der Waals surface area (Å²) in [5, 5.41) is 21.0. The number of thiophene rings is 1. The Morgan fingerprint density at radius 2 is 1.89 bits per heavy atom. The third kappa shape index (κ3) is 8.24. The summed E-state index contributed by atoms with van der Waals surface area (Å²) in [5.41, 5.74) is -0.0835. The number of hydrogen-bond acceptors (Lipinski definition) is 5. The molecule has 8 heteroatoms. The second-order valence-electron chi connectivity index (χ2n) is 6.29. The number of ether oxygens (including phenoxy) is 2. The molecule has 6 nitrogen and oxygen atoms in total. The van der Waals surface area contributed by atoms with E-state index >= 15 is 0 Å². The number of aliphatic hydroxyl groups is 1. The van der Waals surface area contributed by atoms with Crippen LogP contribution in [0.1, 0.15) is 25.8 Å². The molecule has 0 amide bonds. The van der Waals surface area contributed by atoms with Crippen LogP contribution in [0.25, 0.3) is 0 Å². The number of benzene rings is 1. The maximum atomic E-state index is 10.6. The van der Waals surface area contributed by atoms with Gasteiger partial charge in [0.15, 0.2) is 5.96 Å². The van der Waals surface area contributed by atoms with Crippen molar-refractivity contribution in [2.24, 2.45) is 4.99 Å². The highest BCUT2D eigenvalue weighted by atomic mass is 127. The van der Waals surface area contributed by atoms with Crippen LogP contribution >= 0.6 is 35.3 Å². The van der Waals surface area contributed by atoms with Gasteiger partial charge in [-0.05, 0) is 66.9 Å². The molecular weight excluding hydrogens is 489 g/mol. The lowest BCUT2D eigenvalue weighted by Gasteiger charge is -2.21. The Bertz CT molecular complexity index is 691. The molecule has 3 N–H and O–H groups in total. The molecule has 0 bridgehead atoms. The SMILES string of the molecule is CCNC(=NCC(C)(O)c1ccsc1)NCCCOc1ccc(OC)cc1.I. The molecule has 2 aromatic rings. The summed E-state index contributed by atoms with van der Waals surface area (Å²) in [6.45, 7) is 6.18. The van der Waals surface area contributed by atoms with E-state index in [4.69, 9.17) is 9.47 Å². The van der Waals surface area contributed by atoms with Gasteiger partial charge in [0, 0.05) is 13.1 Å². The van der Waals surface area contributed by atoms with Gasteiger partial charge in [0.25, 0.3) is 0 Å². The van der Waals surface area contributed by atoms with Crippen LogP contribution < -0.4 is 20.1 Å². The molecule has 0 aliphatic carbocycles. The number of nitrogens with one attached hydrogen (secondary N) is 2. The van der Waals surface area contributed by atoms with Gasteiger partial charge in [-0.1, -0.05) is 0 Å². The van der Waals surface area contributed by atoms with Gasteiger partial charge in [0.1, 0.15) is 17.1 Å². The van der Waals surface area contributed by atoms with Crippen molar-refractivity contribution in [2.45, 2.75) is 25.9 Å². The fourth-order valence-electron chi connectivity index (χ4n) is 2.38. The quantitative estimate of drug-likeness (QED) is 0.194. The van der Waals surface area contributed by atoms with Crippen LogP contribution in [0.15, 0.2) is 46.1 Å². The highest BCUT2D eigenvalue weighted by Crippen LogP contribution is 2.23. The third-order valence-electron chi connectivity index (χ3n) is 3.97. The zero-order valence-corrected chi connectivity index (χ0v) is 19.8. The van der Waals surface area contributed by atoms with Crippen LogP contribution in [0, 0.1) is 0 Å². The molecule has 2 rings (SSSR count). The van der Waals surface area contributed by atoms with Crippen molar-refractivity contribution >= 4 is 41.3 Å². The average Bonchev–Trinajstić information content (AvgIpc) is 3.22. The van der Waals surface area contributed by atoms with E-state index in [1.54, 1.807) is 25.4 Å². The van der Waals surface area contributed by atoms with E-state index in [-0.39, 0.29) is 24.0 Å². The molecule has 156 valence electrons. The zero-order chi connectivity index (χ0) is 19.5. The average molecular weight is 519 g/mol. The molecule has 0 saturated carbocycles. The van der Waals surface area contributed by atoms with Gasteiger partial charge in [-0.2, -0.15) is 11.3 Å². The molecule has 0 saturated heterocycles. The summed E-state index contributed by atoms with van der Waals surface area (Å²) in [4.78, 5) is 4.51. The number of rotatable bonds is 10. The van der Waals surface area contributed by atoms with Crippen LogP contribution in [0.3, 0.4) is 0 Å². The van der Waals surface area contributed by atoms with E-state index in [1.807, 2.05) is 48.0 Å². The second kappa shape index (κ2) is 12.8. The highest BCUT2D eigenvalue weighted by Gasteiger charge is 2.23. The van der Waals surface area contributed by atoms with Gasteiger partial charge < -0.3 is 25.2 Å². The molecule has 1 aromatic heterocycles. The van der Waals surface area contributed by atoms with E-state index in [0.29, 0.717) is 19.1 Å². The summed E-state index contributed by atoms with van der Waals surface area (Å²) in [5.74, 6) is 2.33. The smallest absolute Gasteiger partial charge is 0.191 e. The van der Waals surface area contributed by atoms with E-state index in [1.165, 1.54) is 0 Å². The third-order valence-corrected chi connectivity index (χ3v) is 4.66. The summed E-state index contributed by atoms with van der Waals surface area (Å²) in [6, 6.07) is 9.47. The fourth-order valence-corrected chi connectivity index (χ4v) is 3.16. The minimum Gasteiger partial charge on any atom is -0.497 e. The van der Waals surface area contributed by atoms with Gasteiger partial charge in [-0.3, -0.25) is 0 Å². The monoisotopic (exact) mass is 519 g/mol. The van der Waals surface area contributed by atoms with Crippen LogP contribution in [0.2, 0.25) is 0 Å². The Balaban J connectivity index is 0.00000392. The number of nitrogens with zero attached hydrogens (tertiary/aromatic N) is 1. The first-order chi connectivity index (χ1) is 13.0. The second-order valence-corrected chi connectivity index (χ2v) is 7.07. The molecule has 0 spiro atoms. The standard InChI is InChI=1S/C20H29N3O3S.HI/c1-4-21-19(23-15-20(2,24)16-10-13-27-14-16)22-11-5-12-26-18-8-6-17(25-3)7-9-18;/h6-10,13-14,24H,4-5,11-12,15H2,1-3H3,(H2,21,22,23);1H. The van der Waals surface area contributed by atoms with Gasteiger partial charge >= 0.3 is 0 Å². The van der Waals surface area contributed by atoms with Crippen molar-refractivity contribution in [2.75, 3.05) is 33.4 Å². The predicted octanol–water partition coefficient (Wildman–Crippen LogP) is 3.61. The van der Waals surface area contributed by atoms with Crippen molar-refractivity contribution in [3.8, 4) is 11.5 Å². The number of aliphatic imine (C=N–C) groups is 1. The van der Waals surface area contributed by atoms with Crippen molar-refractivity contribution in [1.29, 1.82) is 0 Å². The normalized spacial score (nSPS) is 13.2. The lowest BCUT2D eigenvalue weighted by molar-refractivity contribution is 0.0677. The highest BCUT2D eigenvalue weighted by molar-refractivity contribution is 14.0. The fraction of sp³-hybridized carbons (Fsp3) is 0.450. The number of halogens is 1. The predicted molar refractivity (Wildman–Crippen MR) is 126 cm³/mol. The Morgan fingerprint density at radius 3 is 2.50 bits per heavy atom. The summed E-state index contributed by atoms with van der Waals surface area (Å²) in [7, 11) is 1.64. The summed E-state index contributed by atoms with van der Waals surface area (Å²) < 4.78 is 10.8. The topological polar surface area (TPSA) is 75.1 Å². The van der Waals surface area contributed by atoms with Gasteiger partial charge in [-0.15, -0.1) is 24.0 Å². The van der Waals surface area contributed by atoms with E-state index < -0.39 is 5.60 Å². The first-order valence-electron chi connectivity index (χ1n) is 9.09. The molecule has 0 aliphatic rings. The molecular formula is C20H30IN3O3S. The molecule has 1 unspecified atom stereocenters. The van der Waals surface area contributed by atoms with Gasteiger partial charge in [0.05, 0.1) is 20.3 Å². The van der Waals surface area contributed by atoms with Crippen LogP contribution in [-0.4, -0.2) is 44.4 Å². The first kappa shape index (κ1) is 24.5. The molecule has 1 atom stereocenters. The van der Waals surface area contributed by atoms with Crippen LogP contribution in [0.4, 0.5) is 0 Å². The molecule has 0 radical (unpaired) electrons. The molecule has 0 aliphatic heterocycles. The minimum atomic E-state index is -0.972. The van der Waals surface area contributed by atoms with Crippen molar-refractivity contribution in [3.05, 3.63) is 46.7 Å². The zero-order valence-electron chi connectivity index (χ0n) is 16.6. The van der Waals surface area contributed by atoms with Gasteiger partial charge in [-0.25, -0.2) is 4.99 Å². The maximum absolute atomic E-state index is 10.6. The molecule has 1 heterocycles. The van der Waals surface area contributed by atoms with Crippen molar-refractivity contribution < 1.29 is 14.6 Å². The maximum Gasteiger partial charge on any atom is 0.191 e. The van der Waals surface area contributed by atoms with Crippen molar-refractivity contribution in [3.63, 3.8) is 0 Å². The Morgan fingerprint density at radius 1 is 1.18 bits per heavy atom. The number of guanidine groups is 1. The van der Waals surface area contributed by atoms with Gasteiger partial charge in [0.2, 0.25) is 0 Å². The lowest BCUT2D eigenvalue weighted by atomic mass is 10.00. The largest absolute Gasteiger partial charge is 0.497 e. The van der Waals surface area contributed by atoms with E-state index in [0.717, 1.165) is 36.6 Å². The Kier molecular flexibility index (Phi) is 11.2. The Hall–Kier alpha value is -1.52. The first-order valence-corrected chi connectivity index (χ1v) is 10.0. The number of methoxy groups -OCH3 is 1. The number of hydrogen-bond donors (Lipinski definition) is 3. The van der Waals surface area contributed by atoms with Crippen molar-refractivity contribution in [1.82, 2.24) is 10.6 Å². The van der Waals surface area contributed by atoms with E-state index in [2.05, 4.69) is 15.6 Å². The molecule has 1 aromatic carbocycles. The van der Waals surface area contributed by atoms with Crippen LogP contribution in [-0.2, 0) is 5.60 Å². The summed E-state index contributed by atoms with van der Waals surface area (Å²) in [6.07, 6.45) is 0.831. The molecule has 28 heavy (non-hydrogen) atoms. The molecule has 0 fully saturated rings. The lowest BCUT2D eigenvalue weighted by Crippen LogP contribution is -2.39. The summed E-state index contributed by atoms with van der Waals surface area (Å²) >= 11 is 1.57. The Labute approximate surface area is 188 Å². The van der Waals surface area contributed by atoms with E-state index in [9.17, 15) is 5.11 Å². The minimum absolute atomic E-state index is 0. The van der Waals surface area contributed by atoms with Crippen LogP contribution in [0.5, 0.6) is 11.5 Å².